The Morgan fingerprint density at radius 3 is 2.43 bits per heavy atom. The minimum absolute atomic E-state index is 0.0448. The van der Waals surface area contributed by atoms with Crippen LogP contribution in [0.3, 0.4) is 0 Å². The van der Waals surface area contributed by atoms with Crippen molar-refractivity contribution < 1.29 is 37.0 Å². The Bertz CT molecular complexity index is 464. The molecule has 0 unspecified atom stereocenters. The zero-order valence-electron chi connectivity index (χ0n) is 13.2. The van der Waals surface area contributed by atoms with Gasteiger partial charge in [-0.25, -0.2) is 9.69 Å². The van der Waals surface area contributed by atoms with Crippen LogP contribution < -0.4 is 0 Å². The number of nitrogens with zero attached hydrogens (tertiary/aromatic N) is 1. The second kappa shape index (κ2) is 7.65. The van der Waals surface area contributed by atoms with E-state index in [2.05, 4.69) is 4.74 Å². The van der Waals surface area contributed by atoms with Gasteiger partial charge in [-0.15, -0.1) is 0 Å². The van der Waals surface area contributed by atoms with Gasteiger partial charge in [0.15, 0.2) is 0 Å². The largest absolute Gasteiger partial charge is 0.466 e. The number of carbonyl (C=O) groups excluding carboxylic acids is 3. The highest BCUT2D eigenvalue weighted by Gasteiger charge is 2.46. The van der Waals surface area contributed by atoms with Gasteiger partial charge in [-0.05, 0) is 12.8 Å². The van der Waals surface area contributed by atoms with Gasteiger partial charge in [0.2, 0.25) is 5.91 Å². The van der Waals surface area contributed by atoms with E-state index >= 15 is 0 Å². The maximum Gasteiger partial charge on any atom is 0.416 e. The van der Waals surface area contributed by atoms with Crippen molar-refractivity contribution in [2.75, 3.05) is 13.2 Å². The Morgan fingerprint density at radius 1 is 1.35 bits per heavy atom. The number of imide groups is 1. The number of carbonyl (C=O) groups is 3. The summed E-state index contributed by atoms with van der Waals surface area (Å²) in [5.74, 6) is -4.39. The van der Waals surface area contributed by atoms with Crippen LogP contribution in [0.5, 0.6) is 0 Å². The first-order chi connectivity index (χ1) is 10.6. The molecule has 0 aromatic heterocycles. The molecule has 9 heteroatoms. The van der Waals surface area contributed by atoms with E-state index in [4.69, 9.17) is 4.74 Å². The molecule has 1 fully saturated rings. The molecule has 1 heterocycles. The van der Waals surface area contributed by atoms with Gasteiger partial charge >= 0.3 is 18.2 Å². The van der Waals surface area contributed by atoms with Gasteiger partial charge in [-0.1, -0.05) is 13.8 Å². The number of hydrogen-bond donors (Lipinski definition) is 0. The summed E-state index contributed by atoms with van der Waals surface area (Å²) >= 11 is 0. The zero-order chi connectivity index (χ0) is 17.8. The Kier molecular flexibility index (Phi) is 6.40. The average molecular weight is 339 g/mol. The Balaban J connectivity index is 2.84. The minimum Gasteiger partial charge on any atom is -0.466 e. The molecule has 2 atom stereocenters. The first kappa shape index (κ1) is 19.2. The van der Waals surface area contributed by atoms with Crippen LogP contribution in [0.2, 0.25) is 0 Å². The molecule has 0 spiro atoms. The predicted octanol–water partition coefficient (Wildman–Crippen LogP) is 2.51. The molecule has 1 aliphatic heterocycles. The molecule has 0 saturated carbocycles. The van der Waals surface area contributed by atoms with Crippen molar-refractivity contribution in [3.05, 3.63) is 0 Å². The summed E-state index contributed by atoms with van der Waals surface area (Å²) < 4.78 is 48.3. The summed E-state index contributed by atoms with van der Waals surface area (Å²) in [6, 6.07) is -0.605. The van der Waals surface area contributed by atoms with Crippen LogP contribution in [0, 0.1) is 11.8 Å². The molecule has 0 aromatic rings. The summed E-state index contributed by atoms with van der Waals surface area (Å²) in [6.07, 6.45) is -7.66. The molecule has 0 aliphatic carbocycles. The predicted molar refractivity (Wildman–Crippen MR) is 72.2 cm³/mol. The van der Waals surface area contributed by atoms with Crippen molar-refractivity contribution in [3.63, 3.8) is 0 Å². The van der Waals surface area contributed by atoms with E-state index in [0.717, 1.165) is 0 Å². The number of cyclic esters (lactones) is 1. The third-order valence-electron chi connectivity index (χ3n) is 3.55. The molecule has 0 aromatic carbocycles. The maximum atomic E-state index is 13.0. The number of esters is 1. The normalized spacial score (nSPS) is 19.7. The molecule has 6 nitrogen and oxygen atoms in total. The van der Waals surface area contributed by atoms with E-state index in [0.29, 0.717) is 4.90 Å². The van der Waals surface area contributed by atoms with Crippen molar-refractivity contribution >= 4 is 18.0 Å². The molecule has 132 valence electrons. The number of hydrogen-bond acceptors (Lipinski definition) is 5. The lowest BCUT2D eigenvalue weighted by molar-refractivity contribution is -0.188. The zero-order valence-corrected chi connectivity index (χ0v) is 13.2. The average Bonchev–Trinajstić information content (AvgIpc) is 2.79. The third-order valence-corrected chi connectivity index (χ3v) is 3.55. The number of halogens is 3. The lowest BCUT2D eigenvalue weighted by atomic mass is 9.98. The van der Waals surface area contributed by atoms with Crippen LogP contribution in [-0.4, -0.2) is 48.3 Å². The Morgan fingerprint density at radius 2 is 1.96 bits per heavy atom. The van der Waals surface area contributed by atoms with Gasteiger partial charge in [0.25, 0.3) is 0 Å². The first-order valence-electron chi connectivity index (χ1n) is 7.29. The first-order valence-corrected chi connectivity index (χ1v) is 7.29. The quantitative estimate of drug-likeness (QED) is 0.695. The topological polar surface area (TPSA) is 72.9 Å². The molecular formula is C14H20F3NO5. The number of rotatable bonds is 6. The van der Waals surface area contributed by atoms with Gasteiger partial charge in [-0.2, -0.15) is 13.2 Å². The summed E-state index contributed by atoms with van der Waals surface area (Å²) in [5.41, 5.74) is 0. The van der Waals surface area contributed by atoms with Crippen LogP contribution in [0.4, 0.5) is 18.0 Å². The molecule has 0 bridgehead atoms. The van der Waals surface area contributed by atoms with Gasteiger partial charge in [0.1, 0.15) is 6.61 Å². The van der Waals surface area contributed by atoms with Crippen molar-refractivity contribution in [1.82, 2.24) is 4.90 Å². The summed E-state index contributed by atoms with van der Waals surface area (Å²) in [5, 5.41) is 0. The van der Waals surface area contributed by atoms with E-state index < -0.39 is 48.9 Å². The molecule has 0 radical (unpaired) electrons. The van der Waals surface area contributed by atoms with Crippen LogP contribution in [0.25, 0.3) is 0 Å². The van der Waals surface area contributed by atoms with Crippen LogP contribution >= 0.6 is 0 Å². The second-order valence-corrected chi connectivity index (χ2v) is 5.60. The fourth-order valence-corrected chi connectivity index (χ4v) is 2.25. The van der Waals surface area contributed by atoms with E-state index in [1.54, 1.807) is 13.8 Å². The Hall–Kier alpha value is -1.80. The van der Waals surface area contributed by atoms with Crippen LogP contribution in [0.15, 0.2) is 0 Å². The fraction of sp³-hybridized carbons (Fsp3) is 0.786. The fourth-order valence-electron chi connectivity index (χ4n) is 2.25. The monoisotopic (exact) mass is 339 g/mol. The summed E-state index contributed by atoms with van der Waals surface area (Å²) in [6.45, 7) is 4.83. The molecule has 1 aliphatic rings. The van der Waals surface area contributed by atoms with Crippen molar-refractivity contribution in [2.24, 2.45) is 11.8 Å². The number of amides is 2. The highest BCUT2D eigenvalue weighted by Crippen LogP contribution is 2.33. The van der Waals surface area contributed by atoms with Gasteiger partial charge in [0.05, 0.1) is 25.0 Å². The maximum absolute atomic E-state index is 13.0. The van der Waals surface area contributed by atoms with E-state index in [9.17, 15) is 27.6 Å². The molecule has 1 rings (SSSR count). The van der Waals surface area contributed by atoms with Crippen molar-refractivity contribution in [2.45, 2.75) is 45.8 Å². The molecule has 23 heavy (non-hydrogen) atoms. The van der Waals surface area contributed by atoms with Gasteiger partial charge in [-0.3, -0.25) is 9.59 Å². The second-order valence-electron chi connectivity index (χ2n) is 5.60. The van der Waals surface area contributed by atoms with Gasteiger partial charge < -0.3 is 9.47 Å². The SMILES string of the molecule is CCOC(=O)C[C@@H](CC(=O)N1C(=O)OC[C@@H]1C(C)C)C(F)(F)F. The highest BCUT2D eigenvalue weighted by atomic mass is 19.4. The standard InChI is InChI=1S/C14H20F3NO5/c1-4-22-12(20)6-9(14(15,16)17)5-11(19)18-10(8(2)3)7-23-13(18)21/h8-10H,4-7H2,1-3H3/t9-,10-/m1/s1. The molecular weight excluding hydrogens is 319 g/mol. The van der Waals surface area contributed by atoms with Gasteiger partial charge in [0, 0.05) is 6.42 Å². The lowest BCUT2D eigenvalue weighted by Gasteiger charge is -2.25. The number of ether oxygens (including phenoxy) is 2. The highest BCUT2D eigenvalue weighted by molar-refractivity contribution is 5.93. The smallest absolute Gasteiger partial charge is 0.416 e. The molecule has 0 N–H and O–H groups in total. The van der Waals surface area contributed by atoms with Crippen molar-refractivity contribution in [1.29, 1.82) is 0 Å². The lowest BCUT2D eigenvalue weighted by Crippen LogP contribution is -2.43. The van der Waals surface area contributed by atoms with Crippen molar-refractivity contribution in [3.8, 4) is 0 Å². The summed E-state index contributed by atoms with van der Waals surface area (Å²) in [7, 11) is 0. The number of alkyl halides is 3. The molecule has 2 amide bonds. The minimum atomic E-state index is -4.75. The van der Waals surface area contributed by atoms with E-state index in [1.165, 1.54) is 6.92 Å². The Labute approximate surface area is 131 Å². The molecule has 1 saturated heterocycles. The van der Waals surface area contributed by atoms with E-state index in [-0.39, 0.29) is 19.1 Å². The third kappa shape index (κ3) is 5.11. The van der Waals surface area contributed by atoms with Crippen LogP contribution in [-0.2, 0) is 19.1 Å². The van der Waals surface area contributed by atoms with E-state index in [1.807, 2.05) is 0 Å². The van der Waals surface area contributed by atoms with Crippen LogP contribution in [0.1, 0.15) is 33.6 Å². The summed E-state index contributed by atoms with van der Waals surface area (Å²) in [4.78, 5) is 35.8.